The number of rotatable bonds is 52. The summed E-state index contributed by atoms with van der Waals surface area (Å²) in [4.78, 5) is 48.4. The SMILES string of the molecule is CC/C=C\C/C=C\C/C=C\C/C=C\C/C=C\CCCC(=O)OC(COC(=O)CCCCCCCCCCC/C=C\C/C=C\CCCCC)COP(=O)(O)OCC(CO)OC(=O)CCCCCCCCCCC. The Hall–Kier alpha value is -3.34. The van der Waals surface area contributed by atoms with Crippen LogP contribution < -0.4 is 0 Å². The molecule has 0 saturated carbocycles. The second kappa shape index (κ2) is 53.9. The average molecular weight is 1030 g/mol. The van der Waals surface area contributed by atoms with Crippen LogP contribution in [0, 0.1) is 0 Å². The van der Waals surface area contributed by atoms with Crippen molar-refractivity contribution < 1.29 is 52.2 Å². The normalized spacial score (nSPS) is 14.0. The Balaban J connectivity index is 4.80. The van der Waals surface area contributed by atoms with Gasteiger partial charge < -0.3 is 24.2 Å². The van der Waals surface area contributed by atoms with E-state index in [1.54, 1.807) is 0 Å². The highest BCUT2D eigenvalue weighted by Gasteiger charge is 2.28. The molecule has 0 bridgehead atoms. The molecule has 0 aliphatic carbocycles. The van der Waals surface area contributed by atoms with Crippen LogP contribution >= 0.6 is 7.82 Å². The van der Waals surface area contributed by atoms with E-state index < -0.39 is 57.8 Å². The first kappa shape index (κ1) is 68.7. The van der Waals surface area contributed by atoms with E-state index in [1.807, 2.05) is 12.2 Å². The molecule has 0 aromatic rings. The van der Waals surface area contributed by atoms with E-state index in [0.717, 1.165) is 83.5 Å². The molecule has 0 heterocycles. The number of allylic oxidation sites excluding steroid dienone is 14. The van der Waals surface area contributed by atoms with Gasteiger partial charge in [0.15, 0.2) is 6.10 Å². The highest BCUT2D eigenvalue weighted by molar-refractivity contribution is 7.47. The van der Waals surface area contributed by atoms with Crippen LogP contribution in [0.2, 0.25) is 0 Å². The van der Waals surface area contributed by atoms with Gasteiger partial charge >= 0.3 is 25.7 Å². The van der Waals surface area contributed by atoms with Gasteiger partial charge in [0.05, 0.1) is 19.8 Å². The number of esters is 3. The minimum Gasteiger partial charge on any atom is -0.462 e. The monoisotopic (exact) mass is 1030 g/mol. The van der Waals surface area contributed by atoms with Crippen LogP contribution in [0.4, 0.5) is 0 Å². The summed E-state index contributed by atoms with van der Waals surface area (Å²) in [5.74, 6) is -1.54. The second-order valence-electron chi connectivity index (χ2n) is 18.7. The van der Waals surface area contributed by atoms with Gasteiger partial charge in [-0.25, -0.2) is 4.57 Å². The van der Waals surface area contributed by atoms with Crippen molar-refractivity contribution in [2.24, 2.45) is 0 Å². The Morgan fingerprint density at radius 1 is 0.403 bits per heavy atom. The fourth-order valence-electron chi connectivity index (χ4n) is 7.48. The van der Waals surface area contributed by atoms with Gasteiger partial charge in [-0.2, -0.15) is 0 Å². The number of carbonyl (C=O) groups is 3. The van der Waals surface area contributed by atoms with Gasteiger partial charge in [0.2, 0.25) is 0 Å². The van der Waals surface area contributed by atoms with Gasteiger partial charge in [-0.3, -0.25) is 23.4 Å². The smallest absolute Gasteiger partial charge is 0.462 e. The predicted octanol–water partition coefficient (Wildman–Crippen LogP) is 16.7. The van der Waals surface area contributed by atoms with Gasteiger partial charge in [0.25, 0.3) is 0 Å². The van der Waals surface area contributed by atoms with E-state index in [-0.39, 0.29) is 25.9 Å². The Morgan fingerprint density at radius 2 is 0.736 bits per heavy atom. The minimum atomic E-state index is -4.76. The maximum Gasteiger partial charge on any atom is 0.472 e. The van der Waals surface area contributed by atoms with Gasteiger partial charge in [-0.05, 0) is 89.9 Å². The Bertz CT molecular complexity index is 1530. The van der Waals surface area contributed by atoms with E-state index in [1.165, 1.54) is 89.9 Å². The van der Waals surface area contributed by atoms with Crippen LogP contribution in [-0.2, 0) is 42.2 Å². The molecule has 0 fully saturated rings. The summed E-state index contributed by atoms with van der Waals surface area (Å²) >= 11 is 0. The zero-order chi connectivity index (χ0) is 52.7. The molecule has 3 unspecified atom stereocenters. The lowest BCUT2D eigenvalue weighted by atomic mass is 10.1. The maximum absolute atomic E-state index is 12.9. The largest absolute Gasteiger partial charge is 0.472 e. The van der Waals surface area contributed by atoms with E-state index in [2.05, 4.69) is 93.7 Å². The van der Waals surface area contributed by atoms with Crippen molar-refractivity contribution in [1.29, 1.82) is 0 Å². The van der Waals surface area contributed by atoms with Crippen molar-refractivity contribution in [2.75, 3.05) is 26.4 Å². The molecule has 0 aromatic heterocycles. The number of phosphoric acid groups is 1. The van der Waals surface area contributed by atoms with Crippen molar-refractivity contribution >= 4 is 25.7 Å². The molecular formula is C60H103O11P. The Labute approximate surface area is 439 Å². The highest BCUT2D eigenvalue weighted by Crippen LogP contribution is 2.43. The number of ether oxygens (including phenoxy) is 3. The number of carbonyl (C=O) groups excluding carboxylic acids is 3. The van der Waals surface area contributed by atoms with Crippen molar-refractivity contribution in [2.45, 2.75) is 251 Å². The molecule has 72 heavy (non-hydrogen) atoms. The van der Waals surface area contributed by atoms with E-state index >= 15 is 0 Å². The molecule has 0 aromatic carbocycles. The Kier molecular flexibility index (Phi) is 51.4. The molecule has 0 spiro atoms. The summed E-state index contributed by atoms with van der Waals surface area (Å²) in [6, 6.07) is 0. The first-order valence-corrected chi connectivity index (χ1v) is 30.0. The Morgan fingerprint density at radius 3 is 1.19 bits per heavy atom. The highest BCUT2D eigenvalue weighted by atomic mass is 31.2. The molecule has 0 aliphatic rings. The third-order valence-corrected chi connectivity index (χ3v) is 12.8. The van der Waals surface area contributed by atoms with Crippen molar-refractivity contribution in [3.63, 3.8) is 0 Å². The zero-order valence-corrected chi connectivity index (χ0v) is 46.5. The molecule has 414 valence electrons. The summed E-state index contributed by atoms with van der Waals surface area (Å²) in [6.45, 7) is 4.41. The van der Waals surface area contributed by atoms with Crippen LogP contribution in [0.25, 0.3) is 0 Å². The molecule has 0 aliphatic heterocycles. The summed E-state index contributed by atoms with van der Waals surface area (Å²) < 4.78 is 39.4. The first-order chi connectivity index (χ1) is 35.2. The third-order valence-electron chi connectivity index (χ3n) is 11.8. The van der Waals surface area contributed by atoms with E-state index in [4.69, 9.17) is 23.3 Å². The standard InChI is InChI=1S/C60H103O11P/c1-4-7-10-13-16-19-21-23-25-27-28-30-31-33-35-38-40-43-46-49-58(62)67-53-57(71-60(64)51-48-45-42-39-36-34-32-29-26-24-22-20-17-14-11-8-5-2)55-69-72(65,66)68-54-56(52-61)70-59(63)50-47-44-41-37-18-15-12-9-6-3/h8,11,16-17,19-20,23-26,32,34,39,42,56-57,61H,4-7,9-10,12-15,18,21-22,27-31,33,35-38,40-41,43-55H2,1-3H3,(H,65,66)/b11-8-,19-16-,20-17-,25-23-,26-24-,34-32-,42-39-. The van der Waals surface area contributed by atoms with Crippen LogP contribution in [0.3, 0.4) is 0 Å². The third kappa shape index (κ3) is 51.6. The van der Waals surface area contributed by atoms with Gasteiger partial charge in [0.1, 0.15) is 12.7 Å². The molecule has 11 nitrogen and oxygen atoms in total. The van der Waals surface area contributed by atoms with Crippen LogP contribution in [0.1, 0.15) is 239 Å². The summed E-state index contributed by atoms with van der Waals surface area (Å²) in [5, 5.41) is 9.77. The van der Waals surface area contributed by atoms with Crippen LogP contribution in [-0.4, -0.2) is 66.5 Å². The molecule has 3 atom stereocenters. The second-order valence-corrected chi connectivity index (χ2v) is 20.2. The lowest BCUT2D eigenvalue weighted by molar-refractivity contribution is -0.161. The van der Waals surface area contributed by atoms with Crippen molar-refractivity contribution in [3.8, 4) is 0 Å². The number of aliphatic hydroxyl groups excluding tert-OH is 1. The maximum atomic E-state index is 12.9. The fraction of sp³-hybridized carbons (Fsp3) is 0.717. The number of hydrogen-bond donors (Lipinski definition) is 2. The van der Waals surface area contributed by atoms with E-state index in [0.29, 0.717) is 25.7 Å². The minimum absolute atomic E-state index is 0.0867. The van der Waals surface area contributed by atoms with Crippen LogP contribution in [0.5, 0.6) is 0 Å². The van der Waals surface area contributed by atoms with Gasteiger partial charge in [0, 0.05) is 19.3 Å². The quantitative estimate of drug-likeness (QED) is 0.0197. The topological polar surface area (TPSA) is 155 Å². The van der Waals surface area contributed by atoms with E-state index in [9.17, 15) is 28.9 Å². The number of hydrogen-bond acceptors (Lipinski definition) is 10. The zero-order valence-electron chi connectivity index (χ0n) is 45.6. The summed E-state index contributed by atoms with van der Waals surface area (Å²) in [5.41, 5.74) is 0. The van der Waals surface area contributed by atoms with Gasteiger partial charge in [-0.1, -0.05) is 215 Å². The molecule has 0 rings (SSSR count). The average Bonchev–Trinajstić information content (AvgIpc) is 3.37. The molecule has 0 amide bonds. The van der Waals surface area contributed by atoms with Crippen molar-refractivity contribution in [1.82, 2.24) is 0 Å². The number of phosphoric ester groups is 1. The number of unbranched alkanes of at least 4 members (excludes halogenated alkanes) is 21. The predicted molar refractivity (Wildman–Crippen MR) is 298 cm³/mol. The first-order valence-electron chi connectivity index (χ1n) is 28.5. The van der Waals surface area contributed by atoms with Gasteiger partial charge in [-0.15, -0.1) is 0 Å². The lowest BCUT2D eigenvalue weighted by Gasteiger charge is -2.21. The molecule has 12 heteroatoms. The molecular weight excluding hydrogens is 928 g/mol. The summed E-state index contributed by atoms with van der Waals surface area (Å²) in [7, 11) is -4.76. The molecule has 0 saturated heterocycles. The fourth-order valence-corrected chi connectivity index (χ4v) is 8.26. The number of aliphatic hydroxyl groups is 1. The van der Waals surface area contributed by atoms with Crippen LogP contribution in [0.15, 0.2) is 85.1 Å². The summed E-state index contributed by atoms with van der Waals surface area (Å²) in [6.07, 6.45) is 61.3. The molecule has 2 N–H and O–H groups in total. The van der Waals surface area contributed by atoms with Crippen molar-refractivity contribution in [3.05, 3.63) is 85.1 Å². The lowest BCUT2D eigenvalue weighted by Crippen LogP contribution is -2.30. The molecule has 0 radical (unpaired) electrons.